The quantitative estimate of drug-likeness (QED) is 0.806. The van der Waals surface area contributed by atoms with Gasteiger partial charge in [-0.25, -0.2) is 0 Å². The molecule has 3 nitrogen and oxygen atoms in total. The fraction of sp³-hybridized carbons (Fsp3) is 0.733. The van der Waals surface area contributed by atoms with Gasteiger partial charge in [-0.3, -0.25) is 4.90 Å². The van der Waals surface area contributed by atoms with Gasteiger partial charge < -0.3 is 9.73 Å². The highest BCUT2D eigenvalue weighted by molar-refractivity contribution is 5.12. The van der Waals surface area contributed by atoms with Crippen molar-refractivity contribution in [2.24, 2.45) is 5.92 Å². The van der Waals surface area contributed by atoms with Crippen molar-refractivity contribution in [3.05, 3.63) is 23.7 Å². The lowest BCUT2D eigenvalue weighted by molar-refractivity contribution is 0.191. The summed E-state index contributed by atoms with van der Waals surface area (Å²) < 4.78 is 5.62. The van der Waals surface area contributed by atoms with Crippen LogP contribution in [0.25, 0.3) is 0 Å². The minimum absolute atomic E-state index is 0.518. The van der Waals surface area contributed by atoms with E-state index < -0.39 is 0 Å². The number of nitrogens with one attached hydrogen (secondary N) is 1. The Morgan fingerprint density at radius 3 is 2.83 bits per heavy atom. The molecule has 3 heteroatoms. The van der Waals surface area contributed by atoms with E-state index in [4.69, 9.17) is 4.42 Å². The predicted octanol–water partition coefficient (Wildman–Crippen LogP) is 3.01. The van der Waals surface area contributed by atoms with Gasteiger partial charge >= 0.3 is 0 Å². The van der Waals surface area contributed by atoms with Gasteiger partial charge in [-0.15, -0.1) is 0 Å². The maximum absolute atomic E-state index is 5.62. The van der Waals surface area contributed by atoms with Crippen molar-refractivity contribution in [2.45, 2.75) is 52.2 Å². The molecule has 1 saturated carbocycles. The van der Waals surface area contributed by atoms with Gasteiger partial charge in [-0.2, -0.15) is 0 Å². The van der Waals surface area contributed by atoms with Crippen LogP contribution in [0.2, 0.25) is 0 Å². The Hall–Kier alpha value is -0.800. The largest absolute Gasteiger partial charge is 0.468 e. The maximum atomic E-state index is 5.62. The highest BCUT2D eigenvalue weighted by atomic mass is 16.3. The summed E-state index contributed by atoms with van der Waals surface area (Å²) in [6.45, 7) is 7.35. The molecule has 0 spiro atoms. The Morgan fingerprint density at radius 2 is 2.22 bits per heavy atom. The highest BCUT2D eigenvalue weighted by Gasteiger charge is 2.19. The summed E-state index contributed by atoms with van der Waals surface area (Å²) in [5.74, 6) is 2.00. The van der Waals surface area contributed by atoms with Crippen molar-refractivity contribution in [2.75, 3.05) is 13.6 Å². The molecule has 1 N–H and O–H groups in total. The lowest BCUT2D eigenvalue weighted by Gasteiger charge is -2.29. The summed E-state index contributed by atoms with van der Waals surface area (Å²) in [6, 6.07) is 2.69. The van der Waals surface area contributed by atoms with E-state index in [9.17, 15) is 0 Å². The zero-order chi connectivity index (χ0) is 13.0. The van der Waals surface area contributed by atoms with E-state index in [2.05, 4.69) is 37.2 Å². The van der Waals surface area contributed by atoms with Crippen LogP contribution in [0.1, 0.15) is 44.4 Å². The van der Waals surface area contributed by atoms with Gasteiger partial charge in [0, 0.05) is 24.7 Å². The van der Waals surface area contributed by atoms with Crippen molar-refractivity contribution in [1.29, 1.82) is 0 Å². The number of rotatable bonds is 7. The highest BCUT2D eigenvalue weighted by Crippen LogP contribution is 2.27. The van der Waals surface area contributed by atoms with Crippen molar-refractivity contribution in [3.8, 4) is 0 Å². The molecule has 0 amide bonds. The average Bonchev–Trinajstić information content (AvgIpc) is 2.68. The van der Waals surface area contributed by atoms with Crippen LogP contribution in [-0.4, -0.2) is 24.5 Å². The second-order valence-electron chi connectivity index (χ2n) is 5.95. The van der Waals surface area contributed by atoms with Gasteiger partial charge in [-0.05, 0) is 31.9 Å². The summed E-state index contributed by atoms with van der Waals surface area (Å²) in [6.07, 6.45) is 6.12. The molecule has 0 unspecified atom stereocenters. The lowest BCUT2D eigenvalue weighted by atomic mass is 9.85. The molecule has 0 aromatic carbocycles. The molecule has 0 radical (unpaired) electrons. The van der Waals surface area contributed by atoms with E-state index in [0.29, 0.717) is 6.04 Å². The Bertz CT molecular complexity index is 355. The fourth-order valence-corrected chi connectivity index (χ4v) is 2.37. The van der Waals surface area contributed by atoms with Crippen LogP contribution < -0.4 is 5.32 Å². The van der Waals surface area contributed by atoms with Crippen LogP contribution in [0.4, 0.5) is 0 Å². The SMILES string of the molecule is CC(C)NCc1coc(CN(C)CC2CCC2)c1. The van der Waals surface area contributed by atoms with Gasteiger partial charge in [0.25, 0.3) is 0 Å². The van der Waals surface area contributed by atoms with E-state index in [1.807, 2.05) is 6.26 Å². The van der Waals surface area contributed by atoms with Gasteiger partial charge in [0.2, 0.25) is 0 Å². The van der Waals surface area contributed by atoms with E-state index in [1.165, 1.54) is 31.4 Å². The first-order chi connectivity index (χ1) is 8.63. The number of nitrogens with zero attached hydrogens (tertiary/aromatic N) is 1. The summed E-state index contributed by atoms with van der Waals surface area (Å²) in [5, 5.41) is 3.41. The second-order valence-corrected chi connectivity index (χ2v) is 5.95. The van der Waals surface area contributed by atoms with Gasteiger partial charge in [0.1, 0.15) is 5.76 Å². The first-order valence-corrected chi connectivity index (χ1v) is 7.11. The van der Waals surface area contributed by atoms with E-state index >= 15 is 0 Å². The molecule has 0 atom stereocenters. The van der Waals surface area contributed by atoms with Gasteiger partial charge in [-0.1, -0.05) is 20.3 Å². The Morgan fingerprint density at radius 1 is 1.44 bits per heavy atom. The summed E-state index contributed by atoms with van der Waals surface area (Å²) >= 11 is 0. The second kappa shape index (κ2) is 6.39. The Labute approximate surface area is 111 Å². The fourth-order valence-electron chi connectivity index (χ4n) is 2.37. The molecule has 1 heterocycles. The lowest BCUT2D eigenvalue weighted by Crippen LogP contribution is -2.28. The van der Waals surface area contributed by atoms with Gasteiger partial charge in [0.05, 0.1) is 12.8 Å². The van der Waals surface area contributed by atoms with Crippen LogP contribution in [0.15, 0.2) is 16.7 Å². The average molecular weight is 250 g/mol. The first kappa shape index (κ1) is 13.6. The van der Waals surface area contributed by atoms with Crippen LogP contribution in [-0.2, 0) is 13.1 Å². The molecule has 1 aromatic heterocycles. The third-order valence-corrected chi connectivity index (χ3v) is 3.64. The summed E-state index contributed by atoms with van der Waals surface area (Å²) in [4.78, 5) is 2.38. The minimum Gasteiger partial charge on any atom is -0.468 e. The Balaban J connectivity index is 1.74. The molecule has 0 aliphatic heterocycles. The predicted molar refractivity (Wildman–Crippen MR) is 74.4 cm³/mol. The third-order valence-electron chi connectivity index (χ3n) is 3.64. The molecule has 1 aliphatic rings. The zero-order valence-corrected chi connectivity index (χ0v) is 11.9. The molecule has 1 aromatic rings. The molecule has 18 heavy (non-hydrogen) atoms. The number of hydrogen-bond acceptors (Lipinski definition) is 3. The van der Waals surface area contributed by atoms with E-state index in [1.54, 1.807) is 0 Å². The monoisotopic (exact) mass is 250 g/mol. The zero-order valence-electron chi connectivity index (χ0n) is 11.9. The smallest absolute Gasteiger partial charge is 0.118 e. The molecule has 0 saturated heterocycles. The van der Waals surface area contributed by atoms with E-state index in [-0.39, 0.29) is 0 Å². The van der Waals surface area contributed by atoms with Crippen molar-refractivity contribution < 1.29 is 4.42 Å². The molecular weight excluding hydrogens is 224 g/mol. The normalized spacial score (nSPS) is 16.5. The first-order valence-electron chi connectivity index (χ1n) is 7.11. The molecule has 2 rings (SSSR count). The Kier molecular flexibility index (Phi) is 4.84. The van der Waals surface area contributed by atoms with Crippen LogP contribution in [0.5, 0.6) is 0 Å². The van der Waals surface area contributed by atoms with Crippen LogP contribution in [0.3, 0.4) is 0 Å². The summed E-state index contributed by atoms with van der Waals surface area (Å²) in [5.41, 5.74) is 1.25. The van der Waals surface area contributed by atoms with Gasteiger partial charge in [0.15, 0.2) is 0 Å². The maximum Gasteiger partial charge on any atom is 0.118 e. The van der Waals surface area contributed by atoms with Crippen LogP contribution >= 0.6 is 0 Å². The van der Waals surface area contributed by atoms with E-state index in [0.717, 1.165) is 24.8 Å². The molecule has 102 valence electrons. The topological polar surface area (TPSA) is 28.4 Å². The number of hydrogen-bond donors (Lipinski definition) is 1. The molecule has 1 aliphatic carbocycles. The van der Waals surface area contributed by atoms with Crippen LogP contribution in [0, 0.1) is 5.92 Å². The standard InChI is InChI=1S/C15H26N2O/c1-12(2)16-8-14-7-15(18-11-14)10-17(3)9-13-5-4-6-13/h7,11-13,16H,4-6,8-10H2,1-3H3. The van der Waals surface area contributed by atoms with Crippen molar-refractivity contribution >= 4 is 0 Å². The molecular formula is C15H26N2O. The number of furan rings is 1. The summed E-state index contributed by atoms with van der Waals surface area (Å²) in [7, 11) is 2.19. The minimum atomic E-state index is 0.518. The molecule has 1 fully saturated rings. The molecule has 0 bridgehead atoms. The van der Waals surface area contributed by atoms with Crippen molar-refractivity contribution in [1.82, 2.24) is 10.2 Å². The third kappa shape index (κ3) is 4.14. The van der Waals surface area contributed by atoms with Crippen molar-refractivity contribution in [3.63, 3.8) is 0 Å².